The number of amides is 1. The molecule has 1 atom stereocenters. The van der Waals surface area contributed by atoms with Gasteiger partial charge in [-0.1, -0.05) is 52.9 Å². The molecule has 1 saturated carbocycles. The van der Waals surface area contributed by atoms with E-state index in [1.165, 1.54) is 5.56 Å². The first-order chi connectivity index (χ1) is 7.64. The van der Waals surface area contributed by atoms with Gasteiger partial charge >= 0.3 is 6.09 Å². The monoisotopic (exact) mass is 331 g/mol. The Morgan fingerprint density at radius 3 is 2.44 bits per heavy atom. The summed E-state index contributed by atoms with van der Waals surface area (Å²) in [6.45, 7) is 0. The van der Waals surface area contributed by atoms with Gasteiger partial charge in [-0.2, -0.15) is 0 Å². The molecular formula is C12H14INO2. The van der Waals surface area contributed by atoms with Crippen molar-refractivity contribution in [1.29, 1.82) is 0 Å². The van der Waals surface area contributed by atoms with E-state index < -0.39 is 6.09 Å². The lowest BCUT2D eigenvalue weighted by atomic mass is 9.73. The van der Waals surface area contributed by atoms with Crippen LogP contribution in [-0.2, 0) is 0 Å². The Bertz CT molecular complexity index is 376. The Morgan fingerprint density at radius 2 is 2.00 bits per heavy atom. The molecule has 16 heavy (non-hydrogen) atoms. The molecule has 1 aliphatic rings. The molecule has 4 heteroatoms. The molecule has 1 fully saturated rings. The lowest BCUT2D eigenvalue weighted by Gasteiger charge is -2.45. The minimum absolute atomic E-state index is 0.205. The molecule has 0 aliphatic heterocycles. The quantitative estimate of drug-likeness (QED) is 0.659. The van der Waals surface area contributed by atoms with Crippen LogP contribution in [0.2, 0.25) is 0 Å². The van der Waals surface area contributed by atoms with Gasteiger partial charge in [-0.15, -0.1) is 0 Å². The first-order valence-corrected chi connectivity index (χ1v) is 6.59. The minimum atomic E-state index is -0.919. The molecule has 1 aliphatic carbocycles. The Hall–Kier alpha value is -0.780. The number of rotatable bonds is 3. The van der Waals surface area contributed by atoms with E-state index in [-0.39, 0.29) is 9.46 Å². The van der Waals surface area contributed by atoms with Crippen LogP contribution in [0.25, 0.3) is 0 Å². The van der Waals surface area contributed by atoms with E-state index in [0.29, 0.717) is 0 Å². The van der Waals surface area contributed by atoms with Gasteiger partial charge in [0.05, 0.1) is 9.46 Å². The second-order valence-corrected chi connectivity index (χ2v) is 5.46. The summed E-state index contributed by atoms with van der Waals surface area (Å²) in [5.74, 6) is 0. The van der Waals surface area contributed by atoms with Crippen LogP contribution >= 0.6 is 22.6 Å². The van der Waals surface area contributed by atoms with E-state index in [9.17, 15) is 4.79 Å². The van der Waals surface area contributed by atoms with E-state index >= 15 is 0 Å². The van der Waals surface area contributed by atoms with E-state index in [4.69, 9.17) is 5.11 Å². The van der Waals surface area contributed by atoms with Gasteiger partial charge in [0.1, 0.15) is 0 Å². The van der Waals surface area contributed by atoms with Crippen LogP contribution in [0, 0.1) is 0 Å². The summed E-state index contributed by atoms with van der Waals surface area (Å²) in [5, 5.41) is 11.6. The number of alkyl halides is 1. The number of hydrogen-bond acceptors (Lipinski definition) is 1. The molecule has 0 aromatic heterocycles. The van der Waals surface area contributed by atoms with Crippen molar-refractivity contribution in [2.75, 3.05) is 0 Å². The maximum atomic E-state index is 10.8. The van der Waals surface area contributed by atoms with E-state index in [0.717, 1.165) is 19.3 Å². The van der Waals surface area contributed by atoms with Crippen molar-refractivity contribution in [3.63, 3.8) is 0 Å². The smallest absolute Gasteiger partial charge is 0.405 e. The predicted molar refractivity (Wildman–Crippen MR) is 70.9 cm³/mol. The molecule has 0 spiro atoms. The summed E-state index contributed by atoms with van der Waals surface area (Å²) in [7, 11) is 0. The van der Waals surface area contributed by atoms with Crippen molar-refractivity contribution in [2.24, 2.45) is 0 Å². The second-order valence-electron chi connectivity index (χ2n) is 4.21. The maximum Gasteiger partial charge on any atom is 0.405 e. The Balaban J connectivity index is 2.19. The molecule has 0 saturated heterocycles. The summed E-state index contributed by atoms with van der Waals surface area (Å²) >= 11 is 2.34. The van der Waals surface area contributed by atoms with Crippen LogP contribution in [0.1, 0.15) is 28.8 Å². The molecule has 0 bridgehead atoms. The molecule has 0 heterocycles. The lowest BCUT2D eigenvalue weighted by molar-refractivity contribution is 0.145. The fourth-order valence-corrected chi connectivity index (χ4v) is 3.35. The first-order valence-electron chi connectivity index (χ1n) is 5.34. The van der Waals surface area contributed by atoms with Crippen LogP contribution in [0.5, 0.6) is 0 Å². The van der Waals surface area contributed by atoms with E-state index in [1.807, 2.05) is 18.2 Å². The molecule has 1 aromatic rings. The number of carbonyl (C=O) groups is 1. The highest BCUT2D eigenvalue weighted by Gasteiger charge is 2.44. The third-order valence-corrected chi connectivity index (χ3v) is 5.09. The molecule has 86 valence electrons. The van der Waals surface area contributed by atoms with Crippen LogP contribution in [0.3, 0.4) is 0 Å². The van der Waals surface area contributed by atoms with Crippen molar-refractivity contribution < 1.29 is 9.90 Å². The summed E-state index contributed by atoms with van der Waals surface area (Å²) in [5.41, 5.74) is 0.935. The molecule has 3 nitrogen and oxygen atoms in total. The van der Waals surface area contributed by atoms with Crippen LogP contribution < -0.4 is 5.32 Å². The molecule has 2 rings (SSSR count). The average Bonchev–Trinajstić information content (AvgIpc) is 2.23. The third-order valence-electron chi connectivity index (χ3n) is 3.18. The first kappa shape index (κ1) is 11.7. The highest BCUT2D eigenvalue weighted by atomic mass is 127. The van der Waals surface area contributed by atoms with Crippen molar-refractivity contribution in [2.45, 2.75) is 28.7 Å². The summed E-state index contributed by atoms with van der Waals surface area (Å²) in [6.07, 6.45) is 2.05. The molecule has 0 radical (unpaired) electrons. The van der Waals surface area contributed by atoms with Gasteiger partial charge in [0.15, 0.2) is 0 Å². The summed E-state index contributed by atoms with van der Waals surface area (Å²) in [4.78, 5) is 10.8. The Labute approximate surface area is 108 Å². The SMILES string of the molecule is O=C(O)NC1(C(I)c2ccccc2)CCC1. The molecule has 1 aromatic carbocycles. The normalized spacial score (nSPS) is 19.6. The Kier molecular flexibility index (Phi) is 3.37. The predicted octanol–water partition coefficient (Wildman–Crippen LogP) is 3.35. The Morgan fingerprint density at radius 1 is 1.38 bits per heavy atom. The van der Waals surface area contributed by atoms with Crippen molar-refractivity contribution in [3.8, 4) is 0 Å². The highest BCUT2D eigenvalue weighted by Crippen LogP contribution is 2.47. The van der Waals surface area contributed by atoms with Crippen molar-refractivity contribution in [1.82, 2.24) is 5.32 Å². The zero-order valence-corrected chi connectivity index (χ0v) is 11.0. The zero-order chi connectivity index (χ0) is 11.6. The molecule has 2 N–H and O–H groups in total. The number of benzene rings is 1. The highest BCUT2D eigenvalue weighted by molar-refractivity contribution is 14.1. The fourth-order valence-electron chi connectivity index (χ4n) is 2.15. The molecule has 1 amide bonds. The van der Waals surface area contributed by atoms with E-state index in [1.54, 1.807) is 0 Å². The second kappa shape index (κ2) is 4.61. The lowest BCUT2D eigenvalue weighted by Crippen LogP contribution is -2.55. The van der Waals surface area contributed by atoms with Gasteiger partial charge in [-0.3, -0.25) is 0 Å². The van der Waals surface area contributed by atoms with Crippen LogP contribution in [0.15, 0.2) is 30.3 Å². The number of halogens is 1. The van der Waals surface area contributed by atoms with Crippen molar-refractivity contribution >= 4 is 28.7 Å². The molecule has 1 unspecified atom stereocenters. The zero-order valence-electron chi connectivity index (χ0n) is 8.82. The number of hydrogen-bond donors (Lipinski definition) is 2. The summed E-state index contributed by atoms with van der Waals surface area (Å²) in [6, 6.07) is 10.1. The van der Waals surface area contributed by atoms with Crippen molar-refractivity contribution in [3.05, 3.63) is 35.9 Å². The van der Waals surface area contributed by atoms with E-state index in [2.05, 4.69) is 40.0 Å². The topological polar surface area (TPSA) is 49.3 Å². The molecular weight excluding hydrogens is 317 g/mol. The van der Waals surface area contributed by atoms with Gasteiger partial charge < -0.3 is 10.4 Å². The largest absolute Gasteiger partial charge is 0.465 e. The van der Waals surface area contributed by atoms with Gasteiger partial charge in [0, 0.05) is 0 Å². The van der Waals surface area contributed by atoms with Gasteiger partial charge in [-0.05, 0) is 24.8 Å². The summed E-state index contributed by atoms with van der Waals surface area (Å²) < 4.78 is 0.205. The fraction of sp³-hybridized carbons (Fsp3) is 0.417. The number of nitrogens with one attached hydrogen (secondary N) is 1. The van der Waals surface area contributed by atoms with Crippen LogP contribution in [0.4, 0.5) is 4.79 Å². The van der Waals surface area contributed by atoms with Gasteiger partial charge in [0.2, 0.25) is 0 Å². The third kappa shape index (κ3) is 2.16. The minimum Gasteiger partial charge on any atom is -0.465 e. The van der Waals surface area contributed by atoms with Gasteiger partial charge in [0.25, 0.3) is 0 Å². The maximum absolute atomic E-state index is 10.8. The standard InChI is InChI=1S/C12H14INO2/c13-10(9-5-2-1-3-6-9)12(7-4-8-12)14-11(15)16/h1-3,5-6,10,14H,4,7-8H2,(H,15,16). The average molecular weight is 331 g/mol. The van der Waals surface area contributed by atoms with Crippen LogP contribution in [-0.4, -0.2) is 16.7 Å². The number of carboxylic acid groups (broad SMARTS) is 1. The van der Waals surface area contributed by atoms with Gasteiger partial charge in [-0.25, -0.2) is 4.79 Å².